The number of benzene rings is 3. The number of hydrogen-bond donors (Lipinski definition) is 1. The van der Waals surface area contributed by atoms with E-state index in [1.54, 1.807) is 11.3 Å². The van der Waals surface area contributed by atoms with Crippen LogP contribution in [0.1, 0.15) is 12.5 Å². The first-order chi connectivity index (χ1) is 14.1. The summed E-state index contributed by atoms with van der Waals surface area (Å²) in [4.78, 5) is 5.91. The zero-order valence-corrected chi connectivity index (χ0v) is 18.7. The summed E-state index contributed by atoms with van der Waals surface area (Å²) in [5, 5.41) is 5.98. The summed E-state index contributed by atoms with van der Waals surface area (Å²) >= 11 is 11.1. The van der Waals surface area contributed by atoms with Crippen LogP contribution in [0.15, 0.2) is 88.4 Å². The molecule has 0 bridgehead atoms. The number of thiazole rings is 1. The van der Waals surface area contributed by atoms with E-state index >= 15 is 0 Å². The fraction of sp³-hybridized carbons (Fsp3) is 0.0435. The Labute approximate surface area is 187 Å². The molecule has 0 fully saturated rings. The Balaban J connectivity index is 1.68. The predicted octanol–water partition coefficient (Wildman–Crippen LogP) is 7.73. The summed E-state index contributed by atoms with van der Waals surface area (Å²) in [6.45, 7) is 1.97. The van der Waals surface area contributed by atoms with Crippen molar-refractivity contribution in [1.82, 2.24) is 4.98 Å². The minimum atomic E-state index is 0.707. The normalized spacial score (nSPS) is 11.5. The molecule has 0 aliphatic rings. The molecule has 0 radical (unpaired) electrons. The Morgan fingerprint density at radius 1 is 0.931 bits per heavy atom. The molecule has 0 saturated carbocycles. The highest BCUT2D eigenvalue weighted by molar-refractivity contribution is 9.10. The van der Waals surface area contributed by atoms with Crippen molar-refractivity contribution in [2.24, 2.45) is 5.10 Å². The van der Waals surface area contributed by atoms with Gasteiger partial charge >= 0.3 is 0 Å². The molecule has 0 aliphatic heterocycles. The van der Waals surface area contributed by atoms with Crippen molar-refractivity contribution in [3.63, 3.8) is 0 Å². The maximum atomic E-state index is 6.06. The van der Waals surface area contributed by atoms with Gasteiger partial charge in [-0.25, -0.2) is 4.98 Å². The number of hydrazone groups is 1. The summed E-state index contributed by atoms with van der Waals surface area (Å²) in [5.41, 5.74) is 8.13. The zero-order valence-electron chi connectivity index (χ0n) is 15.6. The first kappa shape index (κ1) is 19.8. The average Bonchev–Trinajstić information content (AvgIpc) is 3.18. The van der Waals surface area contributed by atoms with Crippen LogP contribution in [0.25, 0.3) is 21.7 Å². The van der Waals surface area contributed by atoms with E-state index in [0.717, 1.165) is 42.6 Å². The Morgan fingerprint density at radius 3 is 2.31 bits per heavy atom. The minimum Gasteiger partial charge on any atom is -0.252 e. The molecule has 0 amide bonds. The largest absolute Gasteiger partial charge is 0.252 e. The average molecular weight is 483 g/mol. The van der Waals surface area contributed by atoms with Gasteiger partial charge in [0.15, 0.2) is 0 Å². The highest BCUT2D eigenvalue weighted by atomic mass is 79.9. The van der Waals surface area contributed by atoms with Crippen molar-refractivity contribution < 1.29 is 0 Å². The Bertz CT molecular complexity index is 1140. The standard InChI is InChI=1S/C23H17BrClN3S/c1-15(16-7-11-19(24)12-8-16)27-28-23-26-21(17-9-13-20(25)14-10-17)22(29-23)18-5-3-2-4-6-18/h2-14H,1H3,(H,26,28)/b27-15+. The minimum absolute atomic E-state index is 0.707. The second kappa shape index (κ2) is 8.91. The van der Waals surface area contributed by atoms with Gasteiger partial charge in [-0.3, -0.25) is 5.43 Å². The summed E-state index contributed by atoms with van der Waals surface area (Å²) < 4.78 is 1.04. The second-order valence-corrected chi connectivity index (χ2v) is 8.74. The quantitative estimate of drug-likeness (QED) is 0.233. The summed E-state index contributed by atoms with van der Waals surface area (Å²) in [7, 11) is 0. The summed E-state index contributed by atoms with van der Waals surface area (Å²) in [6, 6.07) is 26.1. The van der Waals surface area contributed by atoms with Crippen LogP contribution >= 0.6 is 38.9 Å². The molecule has 0 aliphatic carbocycles. The van der Waals surface area contributed by atoms with Gasteiger partial charge in [-0.1, -0.05) is 93.5 Å². The molecule has 3 aromatic carbocycles. The lowest BCUT2D eigenvalue weighted by Crippen LogP contribution is -1.99. The maximum Gasteiger partial charge on any atom is 0.204 e. The van der Waals surface area contributed by atoms with Crippen LogP contribution in [-0.2, 0) is 0 Å². The number of aromatic nitrogens is 1. The smallest absolute Gasteiger partial charge is 0.204 e. The molecule has 6 heteroatoms. The van der Waals surface area contributed by atoms with E-state index < -0.39 is 0 Å². The van der Waals surface area contributed by atoms with Crippen molar-refractivity contribution in [1.29, 1.82) is 0 Å². The number of hydrogen-bond acceptors (Lipinski definition) is 4. The molecule has 3 nitrogen and oxygen atoms in total. The third kappa shape index (κ3) is 4.75. The van der Waals surface area contributed by atoms with Crippen LogP contribution in [0, 0.1) is 0 Å². The van der Waals surface area contributed by atoms with E-state index in [0.29, 0.717) is 5.02 Å². The Hall–Kier alpha value is -2.47. The van der Waals surface area contributed by atoms with E-state index in [-0.39, 0.29) is 0 Å². The number of nitrogens with one attached hydrogen (secondary N) is 1. The molecular weight excluding hydrogens is 466 g/mol. The van der Waals surface area contributed by atoms with Crippen molar-refractivity contribution in [3.05, 3.63) is 93.9 Å². The monoisotopic (exact) mass is 481 g/mol. The molecule has 144 valence electrons. The second-order valence-electron chi connectivity index (χ2n) is 6.39. The first-order valence-corrected chi connectivity index (χ1v) is 11.0. The third-order valence-electron chi connectivity index (χ3n) is 4.36. The van der Waals surface area contributed by atoms with E-state index in [4.69, 9.17) is 16.6 Å². The van der Waals surface area contributed by atoms with Gasteiger partial charge in [0.2, 0.25) is 5.13 Å². The number of nitrogens with zero attached hydrogens (tertiary/aromatic N) is 2. The van der Waals surface area contributed by atoms with Gasteiger partial charge in [0.25, 0.3) is 0 Å². The fourth-order valence-corrected chi connectivity index (χ4v) is 4.17. The lowest BCUT2D eigenvalue weighted by molar-refractivity contribution is 1.27. The topological polar surface area (TPSA) is 37.3 Å². The lowest BCUT2D eigenvalue weighted by atomic mass is 10.1. The first-order valence-electron chi connectivity index (χ1n) is 8.98. The van der Waals surface area contributed by atoms with Crippen LogP contribution in [0.4, 0.5) is 5.13 Å². The Kier molecular flexibility index (Phi) is 6.09. The maximum absolute atomic E-state index is 6.06. The lowest BCUT2D eigenvalue weighted by Gasteiger charge is -2.02. The van der Waals surface area contributed by atoms with Crippen molar-refractivity contribution in [3.8, 4) is 21.7 Å². The van der Waals surface area contributed by atoms with Crippen LogP contribution in [0.5, 0.6) is 0 Å². The molecular formula is C23H17BrClN3S. The van der Waals surface area contributed by atoms with Crippen LogP contribution in [0.2, 0.25) is 5.02 Å². The van der Waals surface area contributed by atoms with E-state index in [1.807, 2.05) is 73.7 Å². The molecule has 1 N–H and O–H groups in total. The Morgan fingerprint density at radius 2 is 1.62 bits per heavy atom. The van der Waals surface area contributed by atoms with Crippen LogP contribution in [0.3, 0.4) is 0 Å². The van der Waals surface area contributed by atoms with Crippen molar-refractivity contribution >= 4 is 49.7 Å². The molecule has 4 aromatic rings. The molecule has 4 rings (SSSR count). The van der Waals surface area contributed by atoms with Gasteiger partial charge in [0.1, 0.15) is 0 Å². The number of anilines is 1. The van der Waals surface area contributed by atoms with E-state index in [1.165, 1.54) is 0 Å². The summed E-state index contributed by atoms with van der Waals surface area (Å²) in [6.07, 6.45) is 0. The molecule has 0 saturated heterocycles. The van der Waals surface area contributed by atoms with E-state index in [2.05, 4.69) is 38.6 Å². The zero-order chi connectivity index (χ0) is 20.2. The SMILES string of the molecule is C/C(=N\Nc1nc(-c2ccc(Cl)cc2)c(-c2ccccc2)s1)c1ccc(Br)cc1. The van der Waals surface area contributed by atoms with Crippen LogP contribution < -0.4 is 5.43 Å². The van der Waals surface area contributed by atoms with E-state index in [9.17, 15) is 0 Å². The molecule has 1 heterocycles. The van der Waals surface area contributed by atoms with Gasteiger partial charge in [0, 0.05) is 15.1 Å². The predicted molar refractivity (Wildman–Crippen MR) is 128 cm³/mol. The van der Waals surface area contributed by atoms with Gasteiger partial charge in [0.05, 0.1) is 16.3 Å². The van der Waals surface area contributed by atoms with Crippen molar-refractivity contribution in [2.75, 3.05) is 5.43 Å². The number of halogens is 2. The fourth-order valence-electron chi connectivity index (χ4n) is 2.84. The van der Waals surface area contributed by atoms with Gasteiger partial charge in [-0.05, 0) is 42.3 Å². The molecule has 0 spiro atoms. The highest BCUT2D eigenvalue weighted by Crippen LogP contribution is 2.39. The van der Waals surface area contributed by atoms with Gasteiger partial charge < -0.3 is 0 Å². The molecule has 1 aromatic heterocycles. The summed E-state index contributed by atoms with van der Waals surface area (Å²) in [5.74, 6) is 0. The number of rotatable bonds is 5. The third-order valence-corrected chi connectivity index (χ3v) is 6.15. The van der Waals surface area contributed by atoms with Gasteiger partial charge in [-0.2, -0.15) is 5.10 Å². The van der Waals surface area contributed by atoms with Crippen LogP contribution in [-0.4, -0.2) is 10.7 Å². The molecule has 29 heavy (non-hydrogen) atoms. The molecule has 0 atom stereocenters. The van der Waals surface area contributed by atoms with Gasteiger partial charge in [-0.15, -0.1) is 0 Å². The van der Waals surface area contributed by atoms with Crippen molar-refractivity contribution in [2.45, 2.75) is 6.92 Å². The highest BCUT2D eigenvalue weighted by Gasteiger charge is 2.15. The molecule has 0 unspecified atom stereocenters.